The molecule has 0 unspecified atom stereocenters. The minimum atomic E-state index is 0.130. The van der Waals surface area contributed by atoms with Crippen LogP contribution in [0.2, 0.25) is 0 Å². The first-order valence-corrected chi connectivity index (χ1v) is 5.72. The van der Waals surface area contributed by atoms with Crippen LogP contribution in [-0.2, 0) is 0 Å². The van der Waals surface area contributed by atoms with E-state index in [0.717, 1.165) is 25.9 Å². The van der Waals surface area contributed by atoms with E-state index in [1.54, 1.807) is 0 Å². The van der Waals surface area contributed by atoms with Gasteiger partial charge in [-0.15, -0.1) is 0 Å². The van der Waals surface area contributed by atoms with Gasteiger partial charge in [-0.1, -0.05) is 0 Å². The highest BCUT2D eigenvalue weighted by molar-refractivity contribution is 4.74. The molecule has 0 spiro atoms. The Morgan fingerprint density at radius 2 is 1.64 bits per heavy atom. The Kier molecular flexibility index (Phi) is 4.05. The van der Waals surface area contributed by atoms with Gasteiger partial charge in [0.05, 0.1) is 0 Å². The van der Waals surface area contributed by atoms with Gasteiger partial charge in [-0.05, 0) is 13.8 Å². The van der Waals surface area contributed by atoms with Gasteiger partial charge >= 0.3 is 0 Å². The van der Waals surface area contributed by atoms with Crippen molar-refractivity contribution in [1.29, 1.82) is 0 Å². The van der Waals surface area contributed by atoms with Crippen LogP contribution in [0.4, 0.5) is 0 Å². The summed E-state index contributed by atoms with van der Waals surface area (Å²) in [5.74, 6) is 0. The molecule has 0 aromatic rings. The second-order valence-corrected chi connectivity index (χ2v) is 4.81. The molecule has 0 N–H and O–H groups in total. The van der Waals surface area contributed by atoms with Crippen molar-refractivity contribution in [2.75, 3.05) is 13.1 Å². The lowest BCUT2D eigenvalue weighted by Gasteiger charge is -2.31. The highest BCUT2D eigenvalue weighted by Gasteiger charge is 2.32. The van der Waals surface area contributed by atoms with Crippen molar-refractivity contribution < 1.29 is 4.76 Å². The van der Waals surface area contributed by atoms with Gasteiger partial charge in [0, 0.05) is 55.5 Å². The second-order valence-electron chi connectivity index (χ2n) is 4.81. The molecule has 1 saturated heterocycles. The van der Waals surface area contributed by atoms with Gasteiger partial charge in [-0.3, -0.25) is 0 Å². The molecule has 1 aliphatic heterocycles. The maximum absolute atomic E-state index is 11.7. The molecular formula is C11H23N2O+. The van der Waals surface area contributed by atoms with Crippen LogP contribution in [0.15, 0.2) is 0 Å². The van der Waals surface area contributed by atoms with Crippen LogP contribution in [-0.4, -0.2) is 40.9 Å². The van der Waals surface area contributed by atoms with E-state index in [2.05, 4.69) is 18.7 Å². The third-order valence-electron chi connectivity index (χ3n) is 3.10. The topological polar surface area (TPSA) is 23.3 Å². The summed E-state index contributed by atoms with van der Waals surface area (Å²) in [7, 11) is 0. The third-order valence-corrected chi connectivity index (χ3v) is 3.10. The monoisotopic (exact) mass is 199 g/mol. The van der Waals surface area contributed by atoms with Gasteiger partial charge in [0.2, 0.25) is 6.04 Å². The Morgan fingerprint density at radius 1 is 1.14 bits per heavy atom. The maximum atomic E-state index is 11.7. The van der Waals surface area contributed by atoms with E-state index >= 15 is 0 Å². The van der Waals surface area contributed by atoms with Crippen molar-refractivity contribution in [2.45, 2.75) is 58.7 Å². The highest BCUT2D eigenvalue weighted by Crippen LogP contribution is 2.16. The minimum absolute atomic E-state index is 0.130. The van der Waals surface area contributed by atoms with E-state index in [0.29, 0.717) is 6.04 Å². The fourth-order valence-electron chi connectivity index (χ4n) is 2.08. The summed E-state index contributed by atoms with van der Waals surface area (Å²) in [5, 5.41) is 0. The van der Waals surface area contributed by atoms with Gasteiger partial charge in [0.1, 0.15) is 0 Å². The molecule has 1 fully saturated rings. The molecule has 82 valence electrons. The zero-order valence-corrected chi connectivity index (χ0v) is 9.86. The number of piperidine rings is 1. The molecule has 0 saturated carbocycles. The second kappa shape index (κ2) is 4.87. The van der Waals surface area contributed by atoms with Crippen molar-refractivity contribution in [2.24, 2.45) is 0 Å². The van der Waals surface area contributed by atoms with Crippen molar-refractivity contribution in [3.05, 3.63) is 4.91 Å². The summed E-state index contributed by atoms with van der Waals surface area (Å²) in [6.07, 6.45) is 2.06. The molecule has 1 aliphatic rings. The summed E-state index contributed by atoms with van der Waals surface area (Å²) in [5.41, 5.74) is 0. The van der Waals surface area contributed by atoms with Crippen LogP contribution in [0.25, 0.3) is 0 Å². The lowest BCUT2D eigenvalue weighted by Crippen LogP contribution is -2.44. The van der Waals surface area contributed by atoms with Crippen molar-refractivity contribution in [3.8, 4) is 0 Å². The molecule has 0 aromatic carbocycles. The summed E-state index contributed by atoms with van der Waals surface area (Å²) in [4.78, 5) is 14.1. The van der Waals surface area contributed by atoms with E-state index in [1.807, 2.05) is 13.8 Å². The summed E-state index contributed by atoms with van der Waals surface area (Å²) in [6.45, 7) is 10.5. The fraction of sp³-hybridized carbons (Fsp3) is 1.00. The standard InChI is InChI=1S/C11H23N2O/c1-9(2)12-7-5-11(6-8-12)13(14)10(3)4/h9-11H,5-8H2,1-4H3/q+1. The normalized spacial score (nSPS) is 20.7. The molecule has 0 amide bonds. The van der Waals surface area contributed by atoms with Crippen LogP contribution in [0, 0.1) is 4.91 Å². The van der Waals surface area contributed by atoms with E-state index in [4.69, 9.17) is 0 Å². The predicted octanol–water partition coefficient (Wildman–Crippen LogP) is 2.05. The number of hydrogen-bond acceptors (Lipinski definition) is 2. The number of rotatable bonds is 3. The Hall–Kier alpha value is -0.440. The first-order valence-electron chi connectivity index (χ1n) is 5.72. The van der Waals surface area contributed by atoms with E-state index in [9.17, 15) is 4.91 Å². The average Bonchev–Trinajstić information content (AvgIpc) is 2.16. The van der Waals surface area contributed by atoms with Gasteiger partial charge in [0.15, 0.2) is 6.04 Å². The van der Waals surface area contributed by atoms with Crippen molar-refractivity contribution >= 4 is 0 Å². The minimum Gasteiger partial charge on any atom is -0.300 e. The van der Waals surface area contributed by atoms with E-state index in [1.165, 1.54) is 4.76 Å². The molecule has 1 heterocycles. The van der Waals surface area contributed by atoms with Crippen LogP contribution in [0.5, 0.6) is 0 Å². The number of hydrogen-bond donors (Lipinski definition) is 0. The quantitative estimate of drug-likeness (QED) is 0.649. The molecule has 14 heavy (non-hydrogen) atoms. The Morgan fingerprint density at radius 3 is 2.00 bits per heavy atom. The number of nitrogens with zero attached hydrogens (tertiary/aromatic N) is 2. The summed E-state index contributed by atoms with van der Waals surface area (Å²) in [6, 6.07) is 1.01. The zero-order chi connectivity index (χ0) is 10.7. The predicted molar refractivity (Wildman–Crippen MR) is 58.5 cm³/mol. The van der Waals surface area contributed by atoms with Crippen molar-refractivity contribution in [1.82, 2.24) is 4.90 Å². The Labute approximate surface area is 87.0 Å². The molecule has 0 aliphatic carbocycles. The Balaban J connectivity index is 2.39. The lowest BCUT2D eigenvalue weighted by molar-refractivity contribution is -0.617. The number of nitroso groups, excluding NO2 is 1. The largest absolute Gasteiger partial charge is 0.300 e. The average molecular weight is 199 g/mol. The van der Waals surface area contributed by atoms with Gasteiger partial charge in [-0.25, -0.2) is 0 Å². The fourth-order valence-corrected chi connectivity index (χ4v) is 2.08. The molecular weight excluding hydrogens is 176 g/mol. The van der Waals surface area contributed by atoms with Crippen LogP contribution in [0.1, 0.15) is 40.5 Å². The van der Waals surface area contributed by atoms with Crippen LogP contribution < -0.4 is 0 Å². The van der Waals surface area contributed by atoms with E-state index in [-0.39, 0.29) is 12.1 Å². The smallest absolute Gasteiger partial charge is 0.204 e. The molecule has 0 aromatic heterocycles. The summed E-state index contributed by atoms with van der Waals surface area (Å²) < 4.78 is 1.28. The first-order chi connectivity index (χ1) is 6.52. The molecule has 0 radical (unpaired) electrons. The third kappa shape index (κ3) is 2.77. The van der Waals surface area contributed by atoms with E-state index < -0.39 is 0 Å². The van der Waals surface area contributed by atoms with Gasteiger partial charge in [-0.2, -0.15) is 0 Å². The number of likely N-dealkylation sites (tertiary alicyclic amines) is 1. The molecule has 0 atom stereocenters. The lowest BCUT2D eigenvalue weighted by atomic mass is 10.0. The molecule has 3 nitrogen and oxygen atoms in total. The highest BCUT2D eigenvalue weighted by atomic mass is 16.3. The van der Waals surface area contributed by atoms with Crippen molar-refractivity contribution in [3.63, 3.8) is 0 Å². The first kappa shape index (κ1) is 11.6. The van der Waals surface area contributed by atoms with Gasteiger partial charge in [0.25, 0.3) is 0 Å². The van der Waals surface area contributed by atoms with Gasteiger partial charge < -0.3 is 4.90 Å². The Bertz CT molecular complexity index is 193. The molecule has 3 heteroatoms. The van der Waals surface area contributed by atoms with Crippen LogP contribution in [0.3, 0.4) is 0 Å². The summed E-state index contributed by atoms with van der Waals surface area (Å²) >= 11 is 0. The SMILES string of the molecule is CC(C)N1CCC([N+](=O)C(C)C)CC1. The maximum Gasteiger partial charge on any atom is 0.204 e. The van der Waals surface area contributed by atoms with Crippen LogP contribution >= 0.6 is 0 Å². The molecule has 0 bridgehead atoms. The molecule has 1 rings (SSSR count). The zero-order valence-electron chi connectivity index (χ0n) is 9.86.